The first-order valence-electron chi connectivity index (χ1n) is 7.49. The average Bonchev–Trinajstić information content (AvgIpc) is 2.48. The summed E-state index contributed by atoms with van der Waals surface area (Å²) in [6.45, 7) is 10.9. The molecule has 22 heavy (non-hydrogen) atoms. The molecule has 6 heteroatoms. The molecule has 0 N–H and O–H groups in total. The van der Waals surface area contributed by atoms with Gasteiger partial charge in [0, 0.05) is 33.1 Å². The molecule has 1 saturated heterocycles. The Bertz CT molecular complexity index is 703. The van der Waals surface area contributed by atoms with Gasteiger partial charge in [0.15, 0.2) is 0 Å². The van der Waals surface area contributed by atoms with E-state index in [0.29, 0.717) is 31.1 Å². The summed E-state index contributed by atoms with van der Waals surface area (Å²) in [5, 5.41) is 0. The third kappa shape index (κ3) is 2.90. The Morgan fingerprint density at radius 1 is 0.955 bits per heavy atom. The first kappa shape index (κ1) is 17.0. The summed E-state index contributed by atoms with van der Waals surface area (Å²) >= 11 is 0. The van der Waals surface area contributed by atoms with E-state index in [2.05, 4.69) is 0 Å². The predicted octanol–water partition coefficient (Wildman–Crippen LogP) is 1.77. The number of nitrogens with zero attached hydrogens (tertiary/aromatic N) is 2. The molecule has 0 aromatic heterocycles. The number of rotatable bonds is 2. The summed E-state index contributed by atoms with van der Waals surface area (Å²) in [5.41, 5.74) is 3.97. The predicted molar refractivity (Wildman–Crippen MR) is 86.4 cm³/mol. The smallest absolute Gasteiger partial charge is 0.243 e. The monoisotopic (exact) mass is 324 g/mol. The molecule has 0 unspecified atom stereocenters. The summed E-state index contributed by atoms with van der Waals surface area (Å²) in [4.78, 5) is 13.4. The van der Waals surface area contributed by atoms with Crippen LogP contribution in [0.25, 0.3) is 0 Å². The minimum atomic E-state index is -3.51. The normalized spacial score (nSPS) is 16.9. The zero-order valence-electron chi connectivity index (χ0n) is 13.9. The Balaban J connectivity index is 2.35. The van der Waals surface area contributed by atoms with Gasteiger partial charge < -0.3 is 4.90 Å². The van der Waals surface area contributed by atoms with Gasteiger partial charge in [0.2, 0.25) is 15.9 Å². The van der Waals surface area contributed by atoms with Crippen molar-refractivity contribution in [1.29, 1.82) is 0 Å². The molecule has 0 radical (unpaired) electrons. The molecular formula is C16H24N2O3S. The van der Waals surface area contributed by atoms with Crippen LogP contribution in [0.4, 0.5) is 0 Å². The Labute approximate surface area is 133 Å². The molecule has 1 aromatic rings. The molecule has 2 rings (SSSR count). The van der Waals surface area contributed by atoms with Crippen molar-refractivity contribution in [2.24, 2.45) is 0 Å². The van der Waals surface area contributed by atoms with Gasteiger partial charge >= 0.3 is 0 Å². The lowest BCUT2D eigenvalue weighted by atomic mass is 10.00. The summed E-state index contributed by atoms with van der Waals surface area (Å²) in [6, 6.07) is 1.77. The van der Waals surface area contributed by atoms with Gasteiger partial charge in [0.05, 0.1) is 4.90 Å². The second-order valence-electron chi connectivity index (χ2n) is 5.98. The molecule has 1 aromatic carbocycles. The highest BCUT2D eigenvalue weighted by Gasteiger charge is 2.31. The van der Waals surface area contributed by atoms with E-state index in [4.69, 9.17) is 0 Å². The van der Waals surface area contributed by atoms with Gasteiger partial charge in [-0.1, -0.05) is 0 Å². The van der Waals surface area contributed by atoms with Gasteiger partial charge in [-0.25, -0.2) is 8.42 Å². The largest absolute Gasteiger partial charge is 0.340 e. The van der Waals surface area contributed by atoms with Crippen molar-refractivity contribution < 1.29 is 13.2 Å². The van der Waals surface area contributed by atoms with E-state index >= 15 is 0 Å². The number of carbonyl (C=O) groups excluding carboxylic acids is 1. The van der Waals surface area contributed by atoms with E-state index in [1.807, 2.05) is 27.7 Å². The SMILES string of the molecule is CC(=O)N1CCN(S(=O)(=O)c2cc(C)c(C)c(C)c2C)CC1. The van der Waals surface area contributed by atoms with Crippen molar-refractivity contribution in [2.45, 2.75) is 39.5 Å². The molecule has 1 amide bonds. The molecular weight excluding hydrogens is 300 g/mol. The van der Waals surface area contributed by atoms with E-state index in [9.17, 15) is 13.2 Å². The maximum atomic E-state index is 12.9. The number of benzene rings is 1. The van der Waals surface area contributed by atoms with Crippen molar-refractivity contribution in [3.8, 4) is 0 Å². The molecule has 1 aliphatic heterocycles. The summed E-state index contributed by atoms with van der Waals surface area (Å²) in [5.74, 6) is -0.00440. The summed E-state index contributed by atoms with van der Waals surface area (Å²) in [6.07, 6.45) is 0. The van der Waals surface area contributed by atoms with Gasteiger partial charge in [-0.2, -0.15) is 4.31 Å². The van der Waals surface area contributed by atoms with Gasteiger partial charge in [-0.05, 0) is 56.0 Å². The highest BCUT2D eigenvalue weighted by atomic mass is 32.2. The lowest BCUT2D eigenvalue weighted by molar-refractivity contribution is -0.129. The number of carbonyl (C=O) groups is 1. The fourth-order valence-electron chi connectivity index (χ4n) is 2.83. The van der Waals surface area contributed by atoms with E-state index in [1.54, 1.807) is 11.0 Å². The molecule has 0 aliphatic carbocycles. The fourth-order valence-corrected chi connectivity index (χ4v) is 4.61. The van der Waals surface area contributed by atoms with Crippen LogP contribution in [-0.4, -0.2) is 49.7 Å². The van der Waals surface area contributed by atoms with Gasteiger partial charge in [0.1, 0.15) is 0 Å². The molecule has 0 bridgehead atoms. The zero-order chi connectivity index (χ0) is 16.7. The van der Waals surface area contributed by atoms with Crippen molar-refractivity contribution in [2.75, 3.05) is 26.2 Å². The molecule has 1 aliphatic rings. The number of hydrogen-bond donors (Lipinski definition) is 0. The van der Waals surface area contributed by atoms with Crippen LogP contribution in [-0.2, 0) is 14.8 Å². The number of piperazine rings is 1. The maximum Gasteiger partial charge on any atom is 0.243 e. The highest BCUT2D eigenvalue weighted by molar-refractivity contribution is 7.89. The summed E-state index contributed by atoms with van der Waals surface area (Å²) < 4.78 is 27.3. The Kier molecular flexibility index (Phi) is 4.63. The molecule has 0 spiro atoms. The van der Waals surface area contributed by atoms with Crippen LogP contribution in [0.5, 0.6) is 0 Å². The molecule has 0 atom stereocenters. The average molecular weight is 324 g/mol. The number of hydrogen-bond acceptors (Lipinski definition) is 3. The van der Waals surface area contributed by atoms with Gasteiger partial charge in [-0.3, -0.25) is 4.79 Å². The van der Waals surface area contributed by atoms with Crippen LogP contribution >= 0.6 is 0 Å². The molecule has 5 nitrogen and oxygen atoms in total. The second kappa shape index (κ2) is 6.01. The van der Waals surface area contributed by atoms with Crippen molar-refractivity contribution >= 4 is 15.9 Å². The zero-order valence-corrected chi connectivity index (χ0v) is 14.7. The van der Waals surface area contributed by atoms with Crippen LogP contribution in [0.15, 0.2) is 11.0 Å². The van der Waals surface area contributed by atoms with Crippen molar-refractivity contribution in [1.82, 2.24) is 9.21 Å². The van der Waals surface area contributed by atoms with E-state index in [0.717, 1.165) is 22.3 Å². The third-order valence-electron chi connectivity index (χ3n) is 4.74. The molecule has 122 valence electrons. The van der Waals surface area contributed by atoms with Crippen LogP contribution in [0.2, 0.25) is 0 Å². The lowest BCUT2D eigenvalue weighted by Gasteiger charge is -2.34. The van der Waals surface area contributed by atoms with Gasteiger partial charge in [0.25, 0.3) is 0 Å². The van der Waals surface area contributed by atoms with E-state index in [1.165, 1.54) is 11.2 Å². The van der Waals surface area contributed by atoms with E-state index in [-0.39, 0.29) is 5.91 Å². The number of sulfonamides is 1. The molecule has 0 saturated carbocycles. The Morgan fingerprint density at radius 3 is 2.00 bits per heavy atom. The fraction of sp³-hybridized carbons (Fsp3) is 0.562. The van der Waals surface area contributed by atoms with Crippen LogP contribution in [0.3, 0.4) is 0 Å². The van der Waals surface area contributed by atoms with Crippen molar-refractivity contribution in [3.05, 3.63) is 28.3 Å². The highest BCUT2D eigenvalue weighted by Crippen LogP contribution is 2.27. The van der Waals surface area contributed by atoms with E-state index < -0.39 is 10.0 Å². The second-order valence-corrected chi connectivity index (χ2v) is 7.88. The molecule has 1 heterocycles. The van der Waals surface area contributed by atoms with Crippen LogP contribution < -0.4 is 0 Å². The topological polar surface area (TPSA) is 57.7 Å². The van der Waals surface area contributed by atoms with Crippen molar-refractivity contribution in [3.63, 3.8) is 0 Å². The molecule has 1 fully saturated rings. The Morgan fingerprint density at radius 2 is 1.50 bits per heavy atom. The standard InChI is InChI=1S/C16H24N2O3S/c1-11-10-16(14(4)13(3)12(11)2)22(20,21)18-8-6-17(7-9-18)15(5)19/h10H,6-9H2,1-5H3. The minimum absolute atomic E-state index is 0.00440. The Hall–Kier alpha value is -1.40. The third-order valence-corrected chi connectivity index (χ3v) is 6.76. The first-order valence-corrected chi connectivity index (χ1v) is 8.93. The minimum Gasteiger partial charge on any atom is -0.340 e. The maximum absolute atomic E-state index is 12.9. The quantitative estimate of drug-likeness (QED) is 0.833. The first-order chi connectivity index (χ1) is 10.2. The number of amides is 1. The summed E-state index contributed by atoms with van der Waals surface area (Å²) in [7, 11) is -3.51. The van der Waals surface area contributed by atoms with Crippen LogP contribution in [0.1, 0.15) is 29.2 Å². The number of aryl methyl sites for hydroxylation is 1. The lowest BCUT2D eigenvalue weighted by Crippen LogP contribution is -2.50. The van der Waals surface area contributed by atoms with Gasteiger partial charge in [-0.15, -0.1) is 0 Å². The van der Waals surface area contributed by atoms with Crippen LogP contribution in [0, 0.1) is 27.7 Å².